The van der Waals surface area contributed by atoms with Gasteiger partial charge in [0.15, 0.2) is 11.5 Å². The zero-order chi connectivity index (χ0) is 18.9. The Morgan fingerprint density at radius 3 is 2.65 bits per heavy atom. The van der Waals surface area contributed by atoms with Gasteiger partial charge in [0.2, 0.25) is 5.91 Å². The summed E-state index contributed by atoms with van der Waals surface area (Å²) in [5.41, 5.74) is 1.45. The summed E-state index contributed by atoms with van der Waals surface area (Å²) in [6.07, 6.45) is 5.34. The number of amides is 1. The van der Waals surface area contributed by atoms with Crippen molar-refractivity contribution in [2.45, 2.75) is 19.9 Å². The third kappa shape index (κ3) is 5.20. The van der Waals surface area contributed by atoms with Crippen LogP contribution in [0.3, 0.4) is 0 Å². The van der Waals surface area contributed by atoms with Crippen LogP contribution < -0.4 is 20.3 Å². The Kier molecular flexibility index (Phi) is 6.96. The van der Waals surface area contributed by atoms with E-state index in [9.17, 15) is 9.59 Å². The third-order valence-electron chi connectivity index (χ3n) is 3.79. The van der Waals surface area contributed by atoms with Gasteiger partial charge in [-0.15, -0.1) is 0 Å². The van der Waals surface area contributed by atoms with Crippen molar-refractivity contribution in [1.82, 2.24) is 14.9 Å². The van der Waals surface area contributed by atoms with Gasteiger partial charge in [0.05, 0.1) is 20.5 Å². The lowest BCUT2D eigenvalue weighted by molar-refractivity contribution is -0.116. The van der Waals surface area contributed by atoms with Crippen molar-refractivity contribution in [2.75, 3.05) is 20.8 Å². The molecule has 1 heterocycles. The van der Waals surface area contributed by atoms with E-state index in [-0.39, 0.29) is 11.5 Å². The van der Waals surface area contributed by atoms with Gasteiger partial charge in [-0.05, 0) is 30.2 Å². The molecule has 138 valence electrons. The van der Waals surface area contributed by atoms with Gasteiger partial charge in [-0.25, -0.2) is 4.98 Å². The molecule has 0 aliphatic carbocycles. The standard InChI is InChI=1S/C19H23N3O4/c1-4-15-12-19(24)22(13-21-15)10-9-20-18(23)8-6-14-5-7-16(25-2)17(11-14)26-3/h5-8,11-13H,4,9-10H2,1-3H3,(H,20,23)/b8-6+. The number of carbonyl (C=O) groups is 1. The number of hydrogen-bond acceptors (Lipinski definition) is 5. The van der Waals surface area contributed by atoms with Crippen molar-refractivity contribution in [3.63, 3.8) is 0 Å². The van der Waals surface area contributed by atoms with Gasteiger partial charge in [0, 0.05) is 30.9 Å². The highest BCUT2D eigenvalue weighted by molar-refractivity contribution is 5.91. The summed E-state index contributed by atoms with van der Waals surface area (Å²) in [5, 5.41) is 2.74. The van der Waals surface area contributed by atoms with Gasteiger partial charge in [0.1, 0.15) is 0 Å². The molecule has 26 heavy (non-hydrogen) atoms. The second kappa shape index (κ2) is 9.41. The molecule has 7 nitrogen and oxygen atoms in total. The molecule has 0 saturated carbocycles. The zero-order valence-electron chi connectivity index (χ0n) is 15.2. The summed E-state index contributed by atoms with van der Waals surface area (Å²) in [7, 11) is 3.12. The lowest BCUT2D eigenvalue weighted by atomic mass is 10.2. The number of carbonyl (C=O) groups excluding carboxylic acids is 1. The van der Waals surface area contributed by atoms with Crippen molar-refractivity contribution in [3.05, 3.63) is 58.3 Å². The highest BCUT2D eigenvalue weighted by Gasteiger charge is 2.03. The predicted molar refractivity (Wildman–Crippen MR) is 99.5 cm³/mol. The Balaban J connectivity index is 1.89. The SMILES string of the molecule is CCc1cc(=O)n(CCNC(=O)/C=C/c2ccc(OC)c(OC)c2)cn1. The van der Waals surface area contributed by atoms with Crippen LogP contribution in [0.1, 0.15) is 18.2 Å². The average Bonchev–Trinajstić information content (AvgIpc) is 2.67. The van der Waals surface area contributed by atoms with E-state index in [4.69, 9.17) is 9.47 Å². The normalized spacial score (nSPS) is 10.7. The van der Waals surface area contributed by atoms with Gasteiger partial charge in [-0.1, -0.05) is 13.0 Å². The van der Waals surface area contributed by atoms with Crippen LogP contribution in [0.15, 0.2) is 41.5 Å². The van der Waals surface area contributed by atoms with E-state index in [1.807, 2.05) is 13.0 Å². The molecule has 0 saturated heterocycles. The maximum atomic E-state index is 11.9. The van der Waals surface area contributed by atoms with Crippen molar-refractivity contribution in [3.8, 4) is 11.5 Å². The molecule has 0 aliphatic heterocycles. The second-order valence-corrected chi connectivity index (χ2v) is 5.50. The van der Waals surface area contributed by atoms with E-state index in [1.54, 1.807) is 32.4 Å². The first-order chi connectivity index (χ1) is 12.6. The Bertz CT molecular complexity index is 843. The summed E-state index contributed by atoms with van der Waals surface area (Å²) in [5.74, 6) is 0.977. The number of methoxy groups -OCH3 is 2. The molecule has 2 aromatic rings. The molecular formula is C19H23N3O4. The number of aryl methyl sites for hydroxylation is 1. The minimum atomic E-state index is -0.244. The van der Waals surface area contributed by atoms with Crippen LogP contribution in [0.5, 0.6) is 11.5 Å². The topological polar surface area (TPSA) is 82.5 Å². The third-order valence-corrected chi connectivity index (χ3v) is 3.79. The number of aromatic nitrogens is 2. The van der Waals surface area contributed by atoms with Crippen LogP contribution in [0.4, 0.5) is 0 Å². The zero-order valence-corrected chi connectivity index (χ0v) is 15.2. The molecule has 0 bridgehead atoms. The molecule has 7 heteroatoms. The molecule has 1 N–H and O–H groups in total. The van der Waals surface area contributed by atoms with Crippen molar-refractivity contribution < 1.29 is 14.3 Å². The van der Waals surface area contributed by atoms with Gasteiger partial charge in [-0.2, -0.15) is 0 Å². The number of rotatable bonds is 8. The quantitative estimate of drug-likeness (QED) is 0.727. The Morgan fingerprint density at radius 2 is 2.00 bits per heavy atom. The summed E-state index contributed by atoms with van der Waals surface area (Å²) >= 11 is 0. The van der Waals surface area contributed by atoms with E-state index in [1.165, 1.54) is 23.0 Å². The van der Waals surface area contributed by atoms with Crippen LogP contribution >= 0.6 is 0 Å². The number of hydrogen-bond donors (Lipinski definition) is 1. The van der Waals surface area contributed by atoms with E-state index in [2.05, 4.69) is 10.3 Å². The van der Waals surface area contributed by atoms with Gasteiger partial charge < -0.3 is 14.8 Å². The van der Waals surface area contributed by atoms with Crippen LogP contribution in [-0.2, 0) is 17.8 Å². The highest BCUT2D eigenvalue weighted by atomic mass is 16.5. The lowest BCUT2D eigenvalue weighted by Crippen LogP contribution is -2.30. The summed E-state index contributed by atoms with van der Waals surface area (Å²) in [6, 6.07) is 6.89. The number of nitrogens with one attached hydrogen (secondary N) is 1. The van der Waals surface area contributed by atoms with E-state index in [0.717, 1.165) is 11.3 Å². The fourth-order valence-electron chi connectivity index (χ4n) is 2.31. The first kappa shape index (κ1) is 19.2. The average molecular weight is 357 g/mol. The van der Waals surface area contributed by atoms with Gasteiger partial charge in [-0.3, -0.25) is 14.2 Å². The monoisotopic (exact) mass is 357 g/mol. The Morgan fingerprint density at radius 1 is 1.23 bits per heavy atom. The smallest absolute Gasteiger partial charge is 0.253 e. The molecule has 0 atom stereocenters. The summed E-state index contributed by atoms with van der Waals surface area (Å²) in [6.45, 7) is 2.64. The molecule has 0 radical (unpaired) electrons. The molecule has 1 aromatic carbocycles. The van der Waals surface area contributed by atoms with E-state index < -0.39 is 0 Å². The molecule has 2 rings (SSSR count). The number of benzene rings is 1. The van der Waals surface area contributed by atoms with Crippen LogP contribution in [-0.4, -0.2) is 36.2 Å². The van der Waals surface area contributed by atoms with Crippen LogP contribution in [0.2, 0.25) is 0 Å². The van der Waals surface area contributed by atoms with E-state index in [0.29, 0.717) is 31.0 Å². The Labute approximate surface area is 152 Å². The fourth-order valence-corrected chi connectivity index (χ4v) is 2.31. The molecule has 0 unspecified atom stereocenters. The second-order valence-electron chi connectivity index (χ2n) is 5.50. The molecular weight excluding hydrogens is 334 g/mol. The first-order valence-electron chi connectivity index (χ1n) is 8.30. The molecule has 1 aromatic heterocycles. The predicted octanol–water partition coefficient (Wildman–Crippen LogP) is 1.65. The molecule has 0 fully saturated rings. The first-order valence-corrected chi connectivity index (χ1v) is 8.30. The Hall–Kier alpha value is -3.09. The molecule has 0 spiro atoms. The van der Waals surface area contributed by atoms with Crippen molar-refractivity contribution >= 4 is 12.0 Å². The molecule has 1 amide bonds. The maximum absolute atomic E-state index is 11.9. The van der Waals surface area contributed by atoms with Gasteiger partial charge in [0.25, 0.3) is 5.56 Å². The van der Waals surface area contributed by atoms with Crippen molar-refractivity contribution in [1.29, 1.82) is 0 Å². The minimum absolute atomic E-state index is 0.119. The van der Waals surface area contributed by atoms with Crippen molar-refractivity contribution in [2.24, 2.45) is 0 Å². The fraction of sp³-hybridized carbons (Fsp3) is 0.316. The lowest BCUT2D eigenvalue weighted by Gasteiger charge is -2.08. The largest absolute Gasteiger partial charge is 0.493 e. The van der Waals surface area contributed by atoms with Crippen LogP contribution in [0.25, 0.3) is 6.08 Å². The van der Waals surface area contributed by atoms with E-state index >= 15 is 0 Å². The minimum Gasteiger partial charge on any atom is -0.493 e. The van der Waals surface area contributed by atoms with Gasteiger partial charge >= 0.3 is 0 Å². The maximum Gasteiger partial charge on any atom is 0.253 e. The summed E-state index contributed by atoms with van der Waals surface area (Å²) < 4.78 is 11.9. The number of ether oxygens (including phenoxy) is 2. The highest BCUT2D eigenvalue weighted by Crippen LogP contribution is 2.27. The summed E-state index contributed by atoms with van der Waals surface area (Å²) in [4.78, 5) is 28.0. The molecule has 0 aliphatic rings. The van der Waals surface area contributed by atoms with Crippen LogP contribution in [0, 0.1) is 0 Å². The number of nitrogens with zero attached hydrogens (tertiary/aromatic N) is 2.